The smallest absolute Gasteiger partial charge is 0.407 e. The van der Waals surface area contributed by atoms with Crippen LogP contribution in [-0.2, 0) is 0 Å². The first-order valence-electron chi connectivity index (χ1n) is 6.42. The number of benzene rings is 1. The van der Waals surface area contributed by atoms with Gasteiger partial charge in [0, 0.05) is 12.1 Å². The largest absolute Gasteiger partial charge is 0.413 e. The molecule has 5 nitrogen and oxygen atoms in total. The first-order valence-corrected chi connectivity index (χ1v) is 6.79. The minimum Gasteiger partial charge on any atom is -0.407 e. The highest BCUT2D eigenvalue weighted by molar-refractivity contribution is 6.34. The molecule has 0 bridgehead atoms. The van der Waals surface area contributed by atoms with Crippen molar-refractivity contribution in [1.82, 2.24) is 10.6 Å². The molecule has 0 aliphatic rings. The van der Waals surface area contributed by atoms with Crippen LogP contribution in [0.4, 0.5) is 9.18 Å². The van der Waals surface area contributed by atoms with Gasteiger partial charge in [-0.3, -0.25) is 4.79 Å². The van der Waals surface area contributed by atoms with Gasteiger partial charge < -0.3 is 15.4 Å². The number of hydrogen-bond donors (Lipinski definition) is 2. The summed E-state index contributed by atoms with van der Waals surface area (Å²) < 4.78 is 19.1. The van der Waals surface area contributed by atoms with Gasteiger partial charge in [-0.15, -0.1) is 0 Å². The van der Waals surface area contributed by atoms with Crippen LogP contribution in [0.1, 0.15) is 38.1 Å². The Hall–Kier alpha value is -1.82. The molecule has 0 heterocycles. The van der Waals surface area contributed by atoms with E-state index in [9.17, 15) is 14.0 Å². The normalized spacial score (nSPS) is 11.0. The molecule has 0 saturated carbocycles. The SMILES string of the molecule is CCNC(=O)c1c(Cl)ccc(OC(=O)NC(C)(C)C)c1F. The highest BCUT2D eigenvalue weighted by Crippen LogP contribution is 2.27. The maximum Gasteiger partial charge on any atom is 0.413 e. The molecule has 0 fully saturated rings. The summed E-state index contributed by atoms with van der Waals surface area (Å²) in [7, 11) is 0. The summed E-state index contributed by atoms with van der Waals surface area (Å²) in [5, 5.41) is 4.91. The lowest BCUT2D eigenvalue weighted by Crippen LogP contribution is -2.42. The lowest BCUT2D eigenvalue weighted by Gasteiger charge is -2.20. The van der Waals surface area contributed by atoms with Crippen LogP contribution in [0.2, 0.25) is 5.02 Å². The third kappa shape index (κ3) is 4.90. The van der Waals surface area contributed by atoms with Gasteiger partial charge in [-0.05, 0) is 39.8 Å². The van der Waals surface area contributed by atoms with Crippen LogP contribution >= 0.6 is 11.6 Å². The molecule has 1 aromatic carbocycles. The molecule has 2 amide bonds. The number of amides is 2. The number of ether oxygens (including phenoxy) is 1. The van der Waals surface area contributed by atoms with Crippen molar-refractivity contribution in [1.29, 1.82) is 0 Å². The van der Waals surface area contributed by atoms with E-state index >= 15 is 0 Å². The second-order valence-corrected chi connectivity index (χ2v) is 5.77. The van der Waals surface area contributed by atoms with E-state index in [2.05, 4.69) is 10.6 Å². The predicted molar refractivity (Wildman–Crippen MR) is 78.3 cm³/mol. The lowest BCUT2D eigenvalue weighted by atomic mass is 10.1. The van der Waals surface area contributed by atoms with E-state index in [0.717, 1.165) is 0 Å². The Kier molecular flexibility index (Phi) is 5.54. The number of nitrogens with one attached hydrogen (secondary N) is 2. The Balaban J connectivity index is 3.03. The van der Waals surface area contributed by atoms with Crippen LogP contribution < -0.4 is 15.4 Å². The molecule has 0 radical (unpaired) electrons. The van der Waals surface area contributed by atoms with E-state index in [1.807, 2.05) is 0 Å². The van der Waals surface area contributed by atoms with Gasteiger partial charge in [0.05, 0.1) is 10.6 Å². The van der Waals surface area contributed by atoms with E-state index in [-0.39, 0.29) is 16.3 Å². The molecule has 0 spiro atoms. The van der Waals surface area contributed by atoms with Gasteiger partial charge in [0.15, 0.2) is 11.6 Å². The third-order valence-corrected chi connectivity index (χ3v) is 2.61. The molecule has 0 unspecified atom stereocenters. The summed E-state index contributed by atoms with van der Waals surface area (Å²) in [5.74, 6) is -2.00. The Morgan fingerprint density at radius 1 is 1.33 bits per heavy atom. The molecule has 0 saturated heterocycles. The average Bonchev–Trinajstić information content (AvgIpc) is 2.31. The summed E-state index contributed by atoms with van der Waals surface area (Å²) in [6.45, 7) is 7.29. The molecule has 0 atom stereocenters. The summed E-state index contributed by atoms with van der Waals surface area (Å²) in [6, 6.07) is 2.50. The summed E-state index contributed by atoms with van der Waals surface area (Å²) in [5.41, 5.74) is -0.873. The van der Waals surface area contributed by atoms with Gasteiger partial charge >= 0.3 is 6.09 Å². The summed E-state index contributed by atoms with van der Waals surface area (Å²) in [6.07, 6.45) is -0.814. The third-order valence-electron chi connectivity index (χ3n) is 2.30. The van der Waals surface area contributed by atoms with Crippen molar-refractivity contribution in [2.24, 2.45) is 0 Å². The van der Waals surface area contributed by atoms with Gasteiger partial charge in [-0.25, -0.2) is 9.18 Å². The molecule has 21 heavy (non-hydrogen) atoms. The monoisotopic (exact) mass is 316 g/mol. The second-order valence-electron chi connectivity index (χ2n) is 5.36. The average molecular weight is 317 g/mol. The number of carbonyl (C=O) groups excluding carboxylic acids is 2. The fourth-order valence-electron chi connectivity index (χ4n) is 1.50. The predicted octanol–water partition coefficient (Wildman–Crippen LogP) is 3.12. The second kappa shape index (κ2) is 6.76. The Morgan fingerprint density at radius 2 is 1.95 bits per heavy atom. The molecule has 0 aromatic heterocycles. The van der Waals surface area contributed by atoms with Gasteiger partial charge in [0.1, 0.15) is 0 Å². The quantitative estimate of drug-likeness (QED) is 0.900. The number of halogens is 2. The van der Waals surface area contributed by atoms with Crippen LogP contribution in [0.3, 0.4) is 0 Å². The lowest BCUT2D eigenvalue weighted by molar-refractivity contribution is 0.0950. The molecule has 0 aliphatic heterocycles. The van der Waals surface area contributed by atoms with Crippen molar-refractivity contribution >= 4 is 23.6 Å². The zero-order valence-electron chi connectivity index (χ0n) is 12.3. The molecular weight excluding hydrogens is 299 g/mol. The number of hydrogen-bond acceptors (Lipinski definition) is 3. The Morgan fingerprint density at radius 3 is 2.48 bits per heavy atom. The molecule has 0 aliphatic carbocycles. The van der Waals surface area contributed by atoms with Crippen molar-refractivity contribution in [2.45, 2.75) is 33.2 Å². The van der Waals surface area contributed by atoms with Crippen molar-refractivity contribution in [3.63, 3.8) is 0 Å². The van der Waals surface area contributed by atoms with E-state index in [4.69, 9.17) is 16.3 Å². The first-order chi connectivity index (χ1) is 9.65. The highest BCUT2D eigenvalue weighted by Gasteiger charge is 2.22. The number of carbonyl (C=O) groups is 2. The minimum atomic E-state index is -0.975. The highest BCUT2D eigenvalue weighted by atomic mass is 35.5. The maximum atomic E-state index is 14.3. The minimum absolute atomic E-state index is 0.0537. The van der Waals surface area contributed by atoms with E-state index in [1.54, 1.807) is 27.7 Å². The fourth-order valence-corrected chi connectivity index (χ4v) is 1.73. The molecular formula is C14H18ClFN2O3. The van der Waals surface area contributed by atoms with Gasteiger partial charge in [-0.1, -0.05) is 11.6 Å². The molecule has 116 valence electrons. The van der Waals surface area contributed by atoms with Crippen molar-refractivity contribution in [3.05, 3.63) is 28.5 Å². The molecule has 2 N–H and O–H groups in total. The Bertz CT molecular complexity index is 556. The van der Waals surface area contributed by atoms with Crippen LogP contribution in [0, 0.1) is 5.82 Å². The molecule has 1 rings (SSSR count). The van der Waals surface area contributed by atoms with E-state index in [0.29, 0.717) is 6.54 Å². The summed E-state index contributed by atoms with van der Waals surface area (Å²) >= 11 is 5.82. The van der Waals surface area contributed by atoms with Crippen molar-refractivity contribution in [3.8, 4) is 5.75 Å². The number of rotatable bonds is 3. The zero-order valence-corrected chi connectivity index (χ0v) is 13.1. The summed E-state index contributed by atoms with van der Waals surface area (Å²) in [4.78, 5) is 23.4. The van der Waals surface area contributed by atoms with Gasteiger partial charge in [0.2, 0.25) is 0 Å². The zero-order chi connectivity index (χ0) is 16.2. The van der Waals surface area contributed by atoms with E-state index in [1.165, 1.54) is 12.1 Å². The van der Waals surface area contributed by atoms with E-state index < -0.39 is 23.4 Å². The molecule has 1 aromatic rings. The standard InChI is InChI=1S/C14H18ClFN2O3/c1-5-17-12(19)10-8(15)6-7-9(11(10)16)21-13(20)18-14(2,3)4/h6-7H,5H2,1-4H3,(H,17,19)(H,18,20). The molecule has 7 heteroatoms. The van der Waals surface area contributed by atoms with Gasteiger partial charge in [0.25, 0.3) is 5.91 Å². The van der Waals surface area contributed by atoms with Crippen LogP contribution in [0.5, 0.6) is 5.75 Å². The maximum absolute atomic E-state index is 14.3. The van der Waals surface area contributed by atoms with Gasteiger partial charge in [-0.2, -0.15) is 0 Å². The van der Waals surface area contributed by atoms with Crippen LogP contribution in [-0.4, -0.2) is 24.1 Å². The van der Waals surface area contributed by atoms with Crippen molar-refractivity contribution < 1.29 is 18.7 Å². The fraction of sp³-hybridized carbons (Fsp3) is 0.429. The van der Waals surface area contributed by atoms with Crippen molar-refractivity contribution in [2.75, 3.05) is 6.54 Å². The first kappa shape index (κ1) is 17.2. The Labute approximate surface area is 127 Å². The van der Waals surface area contributed by atoms with Crippen LogP contribution in [0.15, 0.2) is 12.1 Å². The topological polar surface area (TPSA) is 67.4 Å². The van der Waals surface area contributed by atoms with Crippen LogP contribution in [0.25, 0.3) is 0 Å².